The number of hydrogen-bond donors (Lipinski definition) is 0. The molecule has 0 bridgehead atoms. The molecule has 1 aromatic carbocycles. The summed E-state index contributed by atoms with van der Waals surface area (Å²) in [5, 5.41) is 0. The van der Waals surface area contributed by atoms with Crippen molar-refractivity contribution in [3.63, 3.8) is 0 Å². The van der Waals surface area contributed by atoms with Crippen LogP contribution >= 0.6 is 0 Å². The number of ether oxygens (including phenoxy) is 1. The molecule has 0 spiro atoms. The van der Waals surface area contributed by atoms with Crippen LogP contribution in [0.4, 0.5) is 8.78 Å². The minimum absolute atomic E-state index is 0.240. The van der Waals surface area contributed by atoms with E-state index in [-0.39, 0.29) is 5.75 Å². The maximum absolute atomic E-state index is 12.2. The smallest absolute Gasteiger partial charge is 0.387 e. The molecule has 0 aliphatic carbocycles. The number of halogens is 2. The molecule has 0 aliphatic heterocycles. The van der Waals surface area contributed by atoms with Gasteiger partial charge in [0.25, 0.3) is 0 Å². The molecule has 0 saturated carbocycles. The zero-order valence-corrected chi connectivity index (χ0v) is 16.3. The molecule has 2 unspecified atom stereocenters. The van der Waals surface area contributed by atoms with E-state index >= 15 is 0 Å². The first kappa shape index (κ1) is 21.9. The fourth-order valence-electron chi connectivity index (χ4n) is 3.67. The second-order valence-electron chi connectivity index (χ2n) is 7.39. The van der Waals surface area contributed by atoms with Crippen LogP contribution in [0.3, 0.4) is 0 Å². The Hall–Kier alpha value is -1.12. The molecule has 0 fully saturated rings. The molecular weight excluding hydrogens is 318 g/mol. The number of aryl methyl sites for hydroxylation is 1. The van der Waals surface area contributed by atoms with Gasteiger partial charge in [-0.25, -0.2) is 0 Å². The lowest BCUT2D eigenvalue weighted by molar-refractivity contribution is -0.0498. The van der Waals surface area contributed by atoms with Gasteiger partial charge in [-0.05, 0) is 42.4 Å². The van der Waals surface area contributed by atoms with Crippen molar-refractivity contribution in [1.29, 1.82) is 0 Å². The summed E-state index contributed by atoms with van der Waals surface area (Å²) >= 11 is 0. The number of benzene rings is 1. The molecule has 2 atom stereocenters. The van der Waals surface area contributed by atoms with Crippen LogP contribution in [0.1, 0.15) is 84.1 Å². The third kappa shape index (κ3) is 10.5. The van der Waals surface area contributed by atoms with Crippen LogP contribution in [0.15, 0.2) is 24.3 Å². The highest BCUT2D eigenvalue weighted by Gasteiger charge is 2.10. The van der Waals surface area contributed by atoms with Crippen molar-refractivity contribution in [2.24, 2.45) is 11.8 Å². The van der Waals surface area contributed by atoms with Crippen molar-refractivity contribution < 1.29 is 13.5 Å². The Morgan fingerprint density at radius 3 is 2.08 bits per heavy atom. The summed E-state index contributed by atoms with van der Waals surface area (Å²) in [7, 11) is 0. The lowest BCUT2D eigenvalue weighted by Gasteiger charge is -2.17. The van der Waals surface area contributed by atoms with E-state index in [1.807, 2.05) is 12.1 Å². The van der Waals surface area contributed by atoms with E-state index in [0.717, 1.165) is 18.3 Å². The van der Waals surface area contributed by atoms with Gasteiger partial charge in [-0.3, -0.25) is 0 Å². The van der Waals surface area contributed by atoms with E-state index in [4.69, 9.17) is 0 Å². The summed E-state index contributed by atoms with van der Waals surface area (Å²) in [6.45, 7) is 4.16. The zero-order chi connectivity index (χ0) is 18.5. The highest BCUT2D eigenvalue weighted by atomic mass is 19.3. The predicted molar refractivity (Wildman–Crippen MR) is 102 cm³/mol. The van der Waals surface area contributed by atoms with Crippen LogP contribution in [0.5, 0.6) is 5.75 Å². The van der Waals surface area contributed by atoms with Gasteiger partial charge in [0.05, 0.1) is 0 Å². The van der Waals surface area contributed by atoms with Gasteiger partial charge in [0, 0.05) is 0 Å². The highest BCUT2D eigenvalue weighted by Crippen LogP contribution is 2.24. The monoisotopic (exact) mass is 354 g/mol. The largest absolute Gasteiger partial charge is 0.435 e. The van der Waals surface area contributed by atoms with Crippen LogP contribution in [0, 0.1) is 11.8 Å². The quantitative estimate of drug-likeness (QED) is 0.333. The van der Waals surface area contributed by atoms with Crippen molar-refractivity contribution in [1.82, 2.24) is 0 Å². The fourth-order valence-corrected chi connectivity index (χ4v) is 3.67. The van der Waals surface area contributed by atoms with E-state index in [1.165, 1.54) is 63.4 Å². The van der Waals surface area contributed by atoms with Crippen LogP contribution in [-0.4, -0.2) is 6.61 Å². The number of alkyl halides is 2. The summed E-state index contributed by atoms with van der Waals surface area (Å²) in [6, 6.07) is 7.08. The first-order valence-electron chi connectivity index (χ1n) is 10.1. The maximum atomic E-state index is 12.2. The van der Waals surface area contributed by atoms with Gasteiger partial charge < -0.3 is 4.74 Å². The molecule has 0 saturated heterocycles. The van der Waals surface area contributed by atoms with E-state index in [1.54, 1.807) is 12.1 Å². The van der Waals surface area contributed by atoms with Crippen LogP contribution in [0.25, 0.3) is 0 Å². The molecule has 1 nitrogen and oxygen atoms in total. The van der Waals surface area contributed by atoms with Crippen molar-refractivity contribution >= 4 is 0 Å². The molecule has 0 N–H and O–H groups in total. The SMILES string of the molecule is CCCC(C)CCCC(CCC)CCCc1ccc(OC(F)F)cc1. The zero-order valence-electron chi connectivity index (χ0n) is 16.3. The lowest BCUT2D eigenvalue weighted by Crippen LogP contribution is -2.03. The lowest BCUT2D eigenvalue weighted by atomic mass is 9.89. The second-order valence-corrected chi connectivity index (χ2v) is 7.39. The Kier molecular flexibility index (Phi) is 11.5. The van der Waals surface area contributed by atoms with E-state index in [0.29, 0.717) is 0 Å². The molecule has 25 heavy (non-hydrogen) atoms. The van der Waals surface area contributed by atoms with Gasteiger partial charge in [0.15, 0.2) is 0 Å². The van der Waals surface area contributed by atoms with Gasteiger partial charge in [0.2, 0.25) is 0 Å². The average Bonchev–Trinajstić information content (AvgIpc) is 2.56. The molecule has 1 rings (SSSR count). The highest BCUT2D eigenvalue weighted by molar-refractivity contribution is 5.27. The van der Waals surface area contributed by atoms with Gasteiger partial charge >= 0.3 is 6.61 Å². The molecule has 144 valence electrons. The number of hydrogen-bond acceptors (Lipinski definition) is 1. The predicted octanol–water partition coefficient (Wildman–Crippen LogP) is 7.63. The first-order valence-corrected chi connectivity index (χ1v) is 10.1. The Labute approximate surface area is 153 Å². The fraction of sp³-hybridized carbons (Fsp3) is 0.727. The van der Waals surface area contributed by atoms with Gasteiger partial charge in [0.1, 0.15) is 5.75 Å². The molecular formula is C22H36F2O. The summed E-state index contributed by atoms with van der Waals surface area (Å²) in [6.07, 6.45) is 12.7. The van der Waals surface area contributed by atoms with Crippen molar-refractivity contribution in [2.45, 2.75) is 91.6 Å². The maximum Gasteiger partial charge on any atom is 0.387 e. The van der Waals surface area contributed by atoms with Gasteiger partial charge in [-0.15, -0.1) is 0 Å². The Morgan fingerprint density at radius 2 is 1.48 bits per heavy atom. The Balaban J connectivity index is 2.29. The van der Waals surface area contributed by atoms with Crippen molar-refractivity contribution in [2.75, 3.05) is 0 Å². The molecule has 0 amide bonds. The Morgan fingerprint density at radius 1 is 0.840 bits per heavy atom. The van der Waals surface area contributed by atoms with E-state index in [2.05, 4.69) is 25.5 Å². The summed E-state index contributed by atoms with van der Waals surface area (Å²) in [5.41, 5.74) is 1.20. The minimum atomic E-state index is -2.75. The average molecular weight is 355 g/mol. The van der Waals surface area contributed by atoms with E-state index in [9.17, 15) is 8.78 Å². The van der Waals surface area contributed by atoms with Gasteiger partial charge in [-0.1, -0.05) is 84.3 Å². The molecule has 1 aromatic rings. The van der Waals surface area contributed by atoms with Crippen LogP contribution in [0.2, 0.25) is 0 Å². The summed E-state index contributed by atoms with van der Waals surface area (Å²) < 4.78 is 28.7. The molecule has 0 radical (unpaired) electrons. The van der Waals surface area contributed by atoms with E-state index < -0.39 is 6.61 Å². The standard InChI is InChI=1S/C22H36F2O/c1-4-8-18(3)10-6-11-19(9-5-2)12-7-13-20-14-16-21(17-15-20)25-22(23)24/h14-19,22H,4-13H2,1-3H3. The van der Waals surface area contributed by atoms with Crippen LogP contribution in [-0.2, 0) is 6.42 Å². The minimum Gasteiger partial charge on any atom is -0.435 e. The van der Waals surface area contributed by atoms with Gasteiger partial charge in [-0.2, -0.15) is 8.78 Å². The Bertz CT molecular complexity index is 430. The topological polar surface area (TPSA) is 9.23 Å². The summed E-state index contributed by atoms with van der Waals surface area (Å²) in [4.78, 5) is 0. The summed E-state index contributed by atoms with van der Waals surface area (Å²) in [5.74, 6) is 1.94. The molecule has 0 heterocycles. The van der Waals surface area contributed by atoms with Crippen molar-refractivity contribution in [3.8, 4) is 5.75 Å². The molecule has 3 heteroatoms. The first-order chi connectivity index (χ1) is 12.0. The number of rotatable bonds is 14. The van der Waals surface area contributed by atoms with Crippen molar-refractivity contribution in [3.05, 3.63) is 29.8 Å². The second kappa shape index (κ2) is 13.1. The molecule has 0 aromatic heterocycles. The third-order valence-corrected chi connectivity index (χ3v) is 5.01. The normalized spacial score (nSPS) is 13.8. The molecule has 0 aliphatic rings. The van der Waals surface area contributed by atoms with Crippen LogP contribution < -0.4 is 4.74 Å². The third-order valence-electron chi connectivity index (χ3n) is 5.01.